The van der Waals surface area contributed by atoms with Crippen molar-refractivity contribution in [2.75, 3.05) is 5.32 Å². The number of hydrogen-bond donors (Lipinski definition) is 2. The quantitative estimate of drug-likeness (QED) is 0.592. The van der Waals surface area contributed by atoms with Crippen LogP contribution in [0.5, 0.6) is 5.75 Å². The Bertz CT molecular complexity index is 540. The molecule has 1 aromatic rings. The molecule has 0 atom stereocenters. The molecule has 21 heavy (non-hydrogen) atoms. The third-order valence-corrected chi connectivity index (χ3v) is 2.60. The van der Waals surface area contributed by atoms with Crippen molar-refractivity contribution in [3.05, 3.63) is 28.3 Å². The molecule has 0 saturated carbocycles. The van der Waals surface area contributed by atoms with E-state index in [0.717, 1.165) is 0 Å². The Labute approximate surface area is 123 Å². The third-order valence-electron chi connectivity index (χ3n) is 2.60. The SMILES string of the molecule is CC(C)Oc1cc(NC(C)(C)CC(=O)O)ccc1[N+](=O)[O-]. The van der Waals surface area contributed by atoms with E-state index in [4.69, 9.17) is 9.84 Å². The highest BCUT2D eigenvalue weighted by molar-refractivity contribution is 5.69. The lowest BCUT2D eigenvalue weighted by Gasteiger charge is -2.26. The van der Waals surface area contributed by atoms with Crippen molar-refractivity contribution in [3.8, 4) is 5.75 Å². The van der Waals surface area contributed by atoms with Crippen molar-refractivity contribution >= 4 is 17.3 Å². The third kappa shape index (κ3) is 5.29. The highest BCUT2D eigenvalue weighted by Crippen LogP contribution is 2.32. The van der Waals surface area contributed by atoms with E-state index in [1.807, 2.05) is 0 Å². The monoisotopic (exact) mass is 296 g/mol. The molecule has 0 fully saturated rings. The number of anilines is 1. The van der Waals surface area contributed by atoms with Crippen molar-refractivity contribution in [2.24, 2.45) is 0 Å². The number of nitro benzene ring substituents is 1. The second kappa shape index (κ2) is 6.43. The maximum atomic E-state index is 11.0. The second-order valence-electron chi connectivity index (χ2n) is 5.69. The average Bonchev–Trinajstić information content (AvgIpc) is 2.24. The predicted octanol–water partition coefficient (Wildman–Crippen LogP) is 3.05. The number of carbonyl (C=O) groups is 1. The molecule has 0 amide bonds. The molecule has 0 bridgehead atoms. The molecule has 0 aliphatic rings. The van der Waals surface area contributed by atoms with E-state index >= 15 is 0 Å². The van der Waals surface area contributed by atoms with Gasteiger partial charge in [0.25, 0.3) is 0 Å². The number of benzene rings is 1. The summed E-state index contributed by atoms with van der Waals surface area (Å²) in [7, 11) is 0. The Kier molecular flexibility index (Phi) is 5.12. The topological polar surface area (TPSA) is 102 Å². The van der Waals surface area contributed by atoms with Crippen LogP contribution in [0.15, 0.2) is 18.2 Å². The van der Waals surface area contributed by atoms with Crippen molar-refractivity contribution in [3.63, 3.8) is 0 Å². The second-order valence-corrected chi connectivity index (χ2v) is 5.69. The Morgan fingerprint density at radius 1 is 1.48 bits per heavy atom. The van der Waals surface area contributed by atoms with Crippen molar-refractivity contribution in [1.82, 2.24) is 0 Å². The van der Waals surface area contributed by atoms with Crippen molar-refractivity contribution in [2.45, 2.75) is 45.8 Å². The minimum absolute atomic E-state index is 0.0790. The number of carboxylic acid groups (broad SMARTS) is 1. The molecular formula is C14H20N2O5. The van der Waals surface area contributed by atoms with Gasteiger partial charge in [0, 0.05) is 23.4 Å². The Morgan fingerprint density at radius 2 is 2.10 bits per heavy atom. The largest absolute Gasteiger partial charge is 0.484 e. The summed E-state index contributed by atoms with van der Waals surface area (Å²) in [4.78, 5) is 21.3. The Morgan fingerprint density at radius 3 is 2.57 bits per heavy atom. The van der Waals surface area contributed by atoms with Gasteiger partial charge in [0.15, 0.2) is 5.75 Å². The van der Waals surface area contributed by atoms with Gasteiger partial charge in [-0.2, -0.15) is 0 Å². The molecule has 0 aromatic heterocycles. The zero-order valence-electron chi connectivity index (χ0n) is 12.5. The van der Waals surface area contributed by atoms with Crippen LogP contribution < -0.4 is 10.1 Å². The lowest BCUT2D eigenvalue weighted by atomic mass is 10.0. The fourth-order valence-electron chi connectivity index (χ4n) is 1.90. The lowest BCUT2D eigenvalue weighted by Crippen LogP contribution is -2.33. The average molecular weight is 296 g/mol. The van der Waals surface area contributed by atoms with Crippen LogP contribution in [-0.4, -0.2) is 27.6 Å². The molecule has 0 spiro atoms. The van der Waals surface area contributed by atoms with Crippen LogP contribution in [0.4, 0.5) is 11.4 Å². The first-order valence-electron chi connectivity index (χ1n) is 6.56. The van der Waals surface area contributed by atoms with Crippen LogP contribution in [0.2, 0.25) is 0 Å². The van der Waals surface area contributed by atoms with Crippen LogP contribution in [-0.2, 0) is 4.79 Å². The summed E-state index contributed by atoms with van der Waals surface area (Å²) in [5, 5.41) is 22.9. The van der Waals surface area contributed by atoms with Gasteiger partial charge in [-0.15, -0.1) is 0 Å². The summed E-state index contributed by atoms with van der Waals surface area (Å²) >= 11 is 0. The van der Waals surface area contributed by atoms with Gasteiger partial charge in [-0.1, -0.05) is 0 Å². The summed E-state index contributed by atoms with van der Waals surface area (Å²) in [6.45, 7) is 7.04. The zero-order valence-corrected chi connectivity index (χ0v) is 12.5. The molecule has 0 heterocycles. The van der Waals surface area contributed by atoms with Crippen LogP contribution >= 0.6 is 0 Å². The van der Waals surface area contributed by atoms with Crippen molar-refractivity contribution < 1.29 is 19.6 Å². The number of nitrogens with one attached hydrogen (secondary N) is 1. The maximum Gasteiger partial charge on any atom is 0.311 e. The molecule has 0 aliphatic heterocycles. The molecule has 0 unspecified atom stereocenters. The molecule has 7 heteroatoms. The molecule has 116 valence electrons. The van der Waals surface area contributed by atoms with E-state index in [9.17, 15) is 14.9 Å². The van der Waals surface area contributed by atoms with Gasteiger partial charge >= 0.3 is 11.7 Å². The number of rotatable bonds is 7. The summed E-state index contributed by atoms with van der Waals surface area (Å²) in [6, 6.07) is 4.40. The first kappa shape index (κ1) is 16.7. The number of nitrogens with zero attached hydrogens (tertiary/aromatic N) is 1. The van der Waals surface area contributed by atoms with E-state index in [1.54, 1.807) is 27.7 Å². The van der Waals surface area contributed by atoms with Gasteiger partial charge in [0.1, 0.15) is 0 Å². The Hall–Kier alpha value is -2.31. The molecule has 0 saturated heterocycles. The van der Waals surface area contributed by atoms with E-state index in [2.05, 4.69) is 5.32 Å². The molecule has 1 aromatic carbocycles. The summed E-state index contributed by atoms with van der Waals surface area (Å²) in [6.07, 6.45) is -0.282. The lowest BCUT2D eigenvalue weighted by molar-refractivity contribution is -0.386. The van der Waals surface area contributed by atoms with Gasteiger partial charge in [-0.25, -0.2) is 0 Å². The standard InChI is InChI=1S/C14H20N2O5/c1-9(2)21-12-7-10(5-6-11(12)16(19)20)15-14(3,4)8-13(17)18/h5-7,9,15H,8H2,1-4H3,(H,17,18). The molecule has 7 nitrogen and oxygen atoms in total. The molecule has 0 radical (unpaired) electrons. The predicted molar refractivity (Wildman–Crippen MR) is 78.8 cm³/mol. The summed E-state index contributed by atoms with van der Waals surface area (Å²) < 4.78 is 5.44. The summed E-state index contributed by atoms with van der Waals surface area (Å²) in [5.41, 5.74) is -0.232. The van der Waals surface area contributed by atoms with Gasteiger partial charge in [-0.05, 0) is 33.8 Å². The van der Waals surface area contributed by atoms with Gasteiger partial charge < -0.3 is 15.2 Å². The summed E-state index contributed by atoms with van der Waals surface area (Å²) in [5.74, 6) is -0.765. The minimum atomic E-state index is -0.923. The first-order valence-corrected chi connectivity index (χ1v) is 6.56. The van der Waals surface area contributed by atoms with Crippen molar-refractivity contribution in [1.29, 1.82) is 0 Å². The van der Waals surface area contributed by atoms with Crippen LogP contribution in [0.3, 0.4) is 0 Å². The fourth-order valence-corrected chi connectivity index (χ4v) is 1.90. The highest BCUT2D eigenvalue weighted by Gasteiger charge is 2.23. The van der Waals surface area contributed by atoms with E-state index in [-0.39, 0.29) is 24.0 Å². The number of carboxylic acids is 1. The highest BCUT2D eigenvalue weighted by atomic mass is 16.6. The van der Waals surface area contributed by atoms with E-state index < -0.39 is 16.4 Å². The number of hydrogen-bond acceptors (Lipinski definition) is 5. The normalized spacial score (nSPS) is 11.3. The van der Waals surface area contributed by atoms with Gasteiger partial charge in [-0.3, -0.25) is 14.9 Å². The fraction of sp³-hybridized carbons (Fsp3) is 0.500. The molecule has 0 aliphatic carbocycles. The number of aliphatic carboxylic acids is 1. The zero-order chi connectivity index (χ0) is 16.2. The van der Waals surface area contributed by atoms with Gasteiger partial charge in [0.05, 0.1) is 17.4 Å². The first-order chi connectivity index (χ1) is 9.60. The molecule has 2 N–H and O–H groups in total. The number of nitro groups is 1. The Balaban J connectivity index is 3.04. The van der Waals surface area contributed by atoms with Crippen LogP contribution in [0, 0.1) is 10.1 Å². The molecule has 1 rings (SSSR count). The van der Waals surface area contributed by atoms with E-state index in [0.29, 0.717) is 5.69 Å². The number of ether oxygens (including phenoxy) is 1. The maximum absolute atomic E-state index is 11.0. The van der Waals surface area contributed by atoms with Gasteiger partial charge in [0.2, 0.25) is 0 Å². The smallest absolute Gasteiger partial charge is 0.311 e. The van der Waals surface area contributed by atoms with Crippen LogP contribution in [0.25, 0.3) is 0 Å². The van der Waals surface area contributed by atoms with Crippen LogP contribution in [0.1, 0.15) is 34.1 Å². The van der Waals surface area contributed by atoms with E-state index in [1.165, 1.54) is 18.2 Å². The minimum Gasteiger partial charge on any atom is -0.484 e. The molecular weight excluding hydrogens is 276 g/mol.